The van der Waals surface area contributed by atoms with Crippen molar-refractivity contribution in [1.29, 1.82) is 0 Å². The molecule has 4 aromatic heterocycles. The number of pyridine rings is 1. The van der Waals surface area contributed by atoms with Crippen LogP contribution in [0, 0.1) is 6.92 Å². The number of nitrogens with zero attached hydrogens (tertiary/aromatic N) is 5. The second kappa shape index (κ2) is 5.12. The molecule has 6 heteroatoms. The Morgan fingerprint density at radius 1 is 1.16 bits per heavy atom. The van der Waals surface area contributed by atoms with Gasteiger partial charge in [0.25, 0.3) is 0 Å². The van der Waals surface area contributed by atoms with E-state index >= 15 is 0 Å². The van der Waals surface area contributed by atoms with E-state index in [2.05, 4.69) is 44.4 Å². The van der Waals surface area contributed by atoms with Crippen LogP contribution in [0.25, 0.3) is 33.3 Å². The van der Waals surface area contributed by atoms with Crippen LogP contribution in [0.5, 0.6) is 0 Å². The third-order valence-electron chi connectivity index (χ3n) is 4.94. The highest BCUT2D eigenvalue weighted by molar-refractivity contribution is 5.94. The van der Waals surface area contributed by atoms with Crippen molar-refractivity contribution < 1.29 is 0 Å². The molecule has 1 fully saturated rings. The van der Waals surface area contributed by atoms with Gasteiger partial charge in [-0.1, -0.05) is 0 Å². The highest BCUT2D eigenvalue weighted by Gasteiger charge is 2.27. The van der Waals surface area contributed by atoms with Gasteiger partial charge in [-0.25, -0.2) is 19.9 Å². The van der Waals surface area contributed by atoms with Gasteiger partial charge in [0.15, 0.2) is 5.65 Å². The summed E-state index contributed by atoms with van der Waals surface area (Å²) in [4.78, 5) is 21.7. The Morgan fingerprint density at radius 2 is 2.00 bits per heavy atom. The van der Waals surface area contributed by atoms with Gasteiger partial charge >= 0.3 is 0 Å². The molecule has 0 spiro atoms. The fraction of sp³-hybridized carbons (Fsp3) is 0.368. The van der Waals surface area contributed by atoms with E-state index < -0.39 is 0 Å². The lowest BCUT2D eigenvalue weighted by Crippen LogP contribution is -2.02. The zero-order valence-corrected chi connectivity index (χ0v) is 14.6. The van der Waals surface area contributed by atoms with Crippen molar-refractivity contribution in [2.45, 2.75) is 45.6 Å². The van der Waals surface area contributed by atoms with E-state index in [0.717, 1.165) is 45.0 Å². The number of fused-ring (bicyclic) bond motifs is 2. The van der Waals surface area contributed by atoms with Gasteiger partial charge in [0, 0.05) is 47.1 Å². The first-order chi connectivity index (χ1) is 12.1. The van der Waals surface area contributed by atoms with Crippen molar-refractivity contribution in [3.05, 3.63) is 36.3 Å². The highest BCUT2D eigenvalue weighted by atomic mass is 15.1. The van der Waals surface area contributed by atoms with Gasteiger partial charge < -0.3 is 9.55 Å². The Hall–Kier alpha value is -2.76. The quantitative estimate of drug-likeness (QED) is 0.612. The van der Waals surface area contributed by atoms with E-state index in [1.807, 2.05) is 25.5 Å². The summed E-state index contributed by atoms with van der Waals surface area (Å²) in [7, 11) is 0. The van der Waals surface area contributed by atoms with Crippen LogP contribution < -0.4 is 0 Å². The molecule has 25 heavy (non-hydrogen) atoms. The average Bonchev–Trinajstić information content (AvgIpc) is 3.26. The summed E-state index contributed by atoms with van der Waals surface area (Å²) in [6.45, 7) is 6.36. The monoisotopic (exact) mass is 332 g/mol. The van der Waals surface area contributed by atoms with Crippen molar-refractivity contribution in [2.24, 2.45) is 0 Å². The maximum absolute atomic E-state index is 4.69. The van der Waals surface area contributed by atoms with Crippen LogP contribution in [0.1, 0.15) is 50.3 Å². The zero-order chi connectivity index (χ0) is 17.1. The molecule has 4 aromatic rings. The molecule has 0 bridgehead atoms. The number of aromatic nitrogens is 6. The summed E-state index contributed by atoms with van der Waals surface area (Å²) in [5.74, 6) is 2.51. The second-order valence-corrected chi connectivity index (χ2v) is 7.16. The fourth-order valence-electron chi connectivity index (χ4n) is 3.59. The maximum atomic E-state index is 4.69. The van der Waals surface area contributed by atoms with Crippen molar-refractivity contribution in [3.63, 3.8) is 0 Å². The van der Waals surface area contributed by atoms with Crippen molar-refractivity contribution in [3.8, 4) is 11.1 Å². The summed E-state index contributed by atoms with van der Waals surface area (Å²) in [6, 6.07) is 2.51. The molecular weight excluding hydrogens is 312 g/mol. The molecule has 0 aliphatic heterocycles. The smallest absolute Gasteiger partial charge is 0.177 e. The van der Waals surface area contributed by atoms with Crippen molar-refractivity contribution >= 4 is 22.2 Å². The summed E-state index contributed by atoms with van der Waals surface area (Å²) in [5, 5.41) is 1.04. The number of H-pyrrole nitrogens is 1. The van der Waals surface area contributed by atoms with E-state index in [1.165, 1.54) is 12.8 Å². The molecule has 126 valence electrons. The molecule has 0 saturated heterocycles. The van der Waals surface area contributed by atoms with Gasteiger partial charge in [0.2, 0.25) is 0 Å². The second-order valence-electron chi connectivity index (χ2n) is 7.16. The molecule has 0 radical (unpaired) electrons. The van der Waals surface area contributed by atoms with Crippen LogP contribution in [0.2, 0.25) is 0 Å². The number of hydrogen-bond acceptors (Lipinski definition) is 4. The fourth-order valence-corrected chi connectivity index (χ4v) is 3.59. The highest BCUT2D eigenvalue weighted by Crippen LogP contribution is 2.39. The molecular formula is C19H20N6. The van der Waals surface area contributed by atoms with Crippen molar-refractivity contribution in [2.75, 3.05) is 0 Å². The summed E-state index contributed by atoms with van der Waals surface area (Å²) < 4.78 is 2.22. The molecule has 1 aliphatic carbocycles. The van der Waals surface area contributed by atoms with E-state index in [1.54, 1.807) is 0 Å². The minimum Gasteiger partial charge on any atom is -0.345 e. The first-order valence-electron chi connectivity index (χ1n) is 8.81. The third kappa shape index (κ3) is 2.24. The van der Waals surface area contributed by atoms with Crippen LogP contribution >= 0.6 is 0 Å². The van der Waals surface area contributed by atoms with E-state index in [9.17, 15) is 0 Å². The lowest BCUT2D eigenvalue weighted by Gasteiger charge is -2.10. The van der Waals surface area contributed by atoms with E-state index in [4.69, 9.17) is 4.98 Å². The molecule has 4 heterocycles. The van der Waals surface area contributed by atoms with Crippen LogP contribution in [0.4, 0.5) is 0 Å². The number of aryl methyl sites for hydroxylation is 1. The minimum atomic E-state index is 0.342. The van der Waals surface area contributed by atoms with Crippen LogP contribution in [-0.4, -0.2) is 29.5 Å². The van der Waals surface area contributed by atoms with Gasteiger partial charge in [-0.3, -0.25) is 0 Å². The van der Waals surface area contributed by atoms with Gasteiger partial charge in [0.05, 0.1) is 5.52 Å². The standard InChI is InChI=1S/C19H20N6/c1-10(2)25-11(3)23-19-16(25)6-13(7-20-19)14-8-22-18-15(14)9-21-17(24-18)12-4-5-12/h6-10,12H,4-5H2,1-3H3,(H,21,22,24). The van der Waals surface area contributed by atoms with Crippen LogP contribution in [0.3, 0.4) is 0 Å². The van der Waals surface area contributed by atoms with E-state index in [-0.39, 0.29) is 0 Å². The molecule has 0 atom stereocenters. The Morgan fingerprint density at radius 3 is 2.76 bits per heavy atom. The normalized spacial score (nSPS) is 14.9. The summed E-state index contributed by atoms with van der Waals surface area (Å²) >= 11 is 0. The van der Waals surface area contributed by atoms with E-state index in [0.29, 0.717) is 12.0 Å². The lowest BCUT2D eigenvalue weighted by molar-refractivity contribution is 0.600. The largest absolute Gasteiger partial charge is 0.345 e. The molecule has 0 unspecified atom stereocenters. The molecule has 5 rings (SSSR count). The maximum Gasteiger partial charge on any atom is 0.177 e. The molecule has 1 saturated carbocycles. The first kappa shape index (κ1) is 14.6. The average molecular weight is 332 g/mol. The number of nitrogens with one attached hydrogen (secondary N) is 1. The van der Waals surface area contributed by atoms with Crippen LogP contribution in [-0.2, 0) is 0 Å². The SMILES string of the molecule is Cc1nc2ncc(-c3c[nH]c4nc(C5CC5)ncc34)cc2n1C(C)C. The van der Waals surface area contributed by atoms with Gasteiger partial charge in [-0.2, -0.15) is 0 Å². The summed E-state index contributed by atoms with van der Waals surface area (Å²) in [5.41, 5.74) is 4.90. The predicted molar refractivity (Wildman–Crippen MR) is 97.5 cm³/mol. The zero-order valence-electron chi connectivity index (χ0n) is 14.6. The summed E-state index contributed by atoms with van der Waals surface area (Å²) in [6.07, 6.45) is 8.24. The lowest BCUT2D eigenvalue weighted by atomic mass is 10.1. The van der Waals surface area contributed by atoms with Crippen molar-refractivity contribution in [1.82, 2.24) is 29.5 Å². The molecule has 1 aliphatic rings. The van der Waals surface area contributed by atoms with Gasteiger partial charge in [0.1, 0.15) is 17.3 Å². The number of rotatable bonds is 3. The van der Waals surface area contributed by atoms with Crippen LogP contribution in [0.15, 0.2) is 24.7 Å². The predicted octanol–water partition coefficient (Wildman–Crippen LogP) is 4.14. The molecule has 0 amide bonds. The van der Waals surface area contributed by atoms with Gasteiger partial charge in [-0.05, 0) is 39.7 Å². The number of aromatic amines is 1. The molecule has 6 nitrogen and oxygen atoms in total. The molecule has 1 N–H and O–H groups in total. The Balaban J connectivity index is 1.67. The Labute approximate surface area is 145 Å². The Bertz CT molecular complexity index is 1100. The number of imidazole rings is 1. The molecule has 0 aromatic carbocycles. The first-order valence-corrected chi connectivity index (χ1v) is 8.81. The number of hydrogen-bond donors (Lipinski definition) is 1. The topological polar surface area (TPSA) is 72.3 Å². The van der Waals surface area contributed by atoms with Gasteiger partial charge in [-0.15, -0.1) is 0 Å². The Kier molecular flexibility index (Phi) is 2.98. The minimum absolute atomic E-state index is 0.342. The third-order valence-corrected chi connectivity index (χ3v) is 4.94.